The van der Waals surface area contributed by atoms with Gasteiger partial charge in [0.05, 0.1) is 6.04 Å². The molecule has 31 valence electrons. The Morgan fingerprint density at radius 2 is 2.33 bits per heavy atom. The van der Waals surface area contributed by atoms with Crippen LogP contribution in [0.5, 0.6) is 0 Å². The minimum atomic E-state index is 0.412. The van der Waals surface area contributed by atoms with Gasteiger partial charge in [0, 0.05) is 0 Å². The quantitative estimate of drug-likeness (QED) is 0.416. The number of nitriles is 1. The van der Waals surface area contributed by atoms with E-state index < -0.39 is 0 Å². The molecule has 0 saturated heterocycles. The molecule has 0 amide bonds. The van der Waals surface area contributed by atoms with E-state index in [1.165, 1.54) is 0 Å². The van der Waals surface area contributed by atoms with E-state index >= 15 is 0 Å². The van der Waals surface area contributed by atoms with Crippen molar-refractivity contribution in [3.05, 3.63) is 0 Å². The maximum atomic E-state index is 7.86. The summed E-state index contributed by atoms with van der Waals surface area (Å²) in [5, 5.41) is 11.4. The largest absolute Gasteiger partial charge is 0.208 e. The van der Waals surface area contributed by atoms with Crippen molar-refractivity contribution in [3.8, 4) is 6.19 Å². The lowest BCUT2D eigenvalue weighted by Crippen LogP contribution is -1.95. The van der Waals surface area contributed by atoms with Gasteiger partial charge in [-0.1, -0.05) is 0 Å². The van der Waals surface area contributed by atoms with Crippen LogP contribution in [0.1, 0.15) is 12.8 Å². The van der Waals surface area contributed by atoms with Gasteiger partial charge in [-0.15, -0.1) is 0 Å². The zero-order valence-corrected chi connectivity index (χ0v) is 3.39. The summed E-state index contributed by atoms with van der Waals surface area (Å²) in [6.45, 7) is 0. The van der Waals surface area contributed by atoms with Gasteiger partial charge >= 0.3 is 0 Å². The molecule has 6 heavy (non-hydrogen) atoms. The smallest absolute Gasteiger partial charge is 0.200 e. The first-order chi connectivity index (χ1) is 2.93. The second-order valence-electron chi connectivity index (χ2n) is 1.46. The van der Waals surface area contributed by atoms with Crippen molar-refractivity contribution < 1.29 is 0 Å². The summed E-state index contributed by atoms with van der Waals surface area (Å²) in [5.41, 5.74) is 0. The lowest BCUT2D eigenvalue weighted by molar-refractivity contribution is 0.860. The summed E-state index contributed by atoms with van der Waals surface area (Å²) in [6, 6.07) is 0.412. The summed E-state index contributed by atoms with van der Waals surface area (Å²) >= 11 is 0. The molecule has 0 heterocycles. The first-order valence-electron chi connectivity index (χ1n) is 2.02. The highest BCUT2D eigenvalue weighted by atomic mass is 14.9. The monoisotopic (exact) mass is 81.0 g/mol. The lowest BCUT2D eigenvalue weighted by Gasteiger charge is -1.73. The van der Waals surface area contributed by atoms with Crippen molar-refractivity contribution in [1.82, 2.24) is 5.32 Å². The van der Waals surface area contributed by atoms with Crippen LogP contribution in [-0.2, 0) is 0 Å². The first kappa shape index (κ1) is 3.48. The number of nitrogens with zero attached hydrogens (tertiary/aromatic N) is 2. The maximum absolute atomic E-state index is 7.86. The molecule has 1 aliphatic rings. The van der Waals surface area contributed by atoms with Crippen molar-refractivity contribution in [2.24, 2.45) is 0 Å². The van der Waals surface area contributed by atoms with Crippen LogP contribution in [0.4, 0.5) is 0 Å². The van der Waals surface area contributed by atoms with Gasteiger partial charge in [-0.2, -0.15) is 5.26 Å². The van der Waals surface area contributed by atoms with Crippen molar-refractivity contribution in [2.45, 2.75) is 18.9 Å². The topological polar surface area (TPSA) is 37.9 Å². The van der Waals surface area contributed by atoms with E-state index in [0.29, 0.717) is 6.04 Å². The van der Waals surface area contributed by atoms with Crippen LogP contribution in [0.15, 0.2) is 0 Å². The summed E-state index contributed by atoms with van der Waals surface area (Å²) in [5.74, 6) is 0. The average Bonchev–Trinajstić information content (AvgIpc) is 2.21. The fourth-order valence-corrected chi connectivity index (χ4v) is 0.285. The molecule has 1 fully saturated rings. The van der Waals surface area contributed by atoms with Crippen LogP contribution in [0, 0.1) is 11.5 Å². The Balaban J connectivity index is 2.05. The predicted molar refractivity (Wildman–Crippen MR) is 20.8 cm³/mol. The van der Waals surface area contributed by atoms with Crippen molar-refractivity contribution in [2.75, 3.05) is 0 Å². The normalized spacial score (nSPS) is 19.2. The SMILES string of the molecule is N#C[N]C1CC1. The van der Waals surface area contributed by atoms with Crippen molar-refractivity contribution in [1.29, 1.82) is 5.26 Å². The molecule has 1 rings (SSSR count). The van der Waals surface area contributed by atoms with E-state index in [4.69, 9.17) is 5.26 Å². The molecule has 0 atom stereocenters. The van der Waals surface area contributed by atoms with Gasteiger partial charge in [0.15, 0.2) is 0 Å². The third-order valence-corrected chi connectivity index (χ3v) is 0.787. The van der Waals surface area contributed by atoms with Gasteiger partial charge < -0.3 is 0 Å². The Hall–Kier alpha value is -0.710. The van der Waals surface area contributed by atoms with Gasteiger partial charge in [0.2, 0.25) is 6.19 Å². The van der Waals surface area contributed by atoms with Crippen LogP contribution in [0.2, 0.25) is 0 Å². The molecule has 0 spiro atoms. The minimum absolute atomic E-state index is 0.412. The van der Waals surface area contributed by atoms with Crippen LogP contribution < -0.4 is 5.32 Å². The number of rotatable bonds is 1. The summed E-state index contributed by atoms with van der Waals surface area (Å²) in [7, 11) is 0. The number of hydrogen-bond acceptors (Lipinski definition) is 1. The Kier molecular flexibility index (Phi) is 0.681. The summed E-state index contributed by atoms with van der Waals surface area (Å²) in [4.78, 5) is 0. The fourth-order valence-electron chi connectivity index (χ4n) is 0.285. The molecular weight excluding hydrogens is 76.1 g/mol. The molecule has 1 radical (unpaired) electrons. The molecule has 0 aromatic heterocycles. The summed E-state index contributed by atoms with van der Waals surface area (Å²) in [6.07, 6.45) is 4.02. The number of hydrogen-bond donors (Lipinski definition) is 0. The Bertz CT molecular complexity index is 78.0. The highest BCUT2D eigenvalue weighted by molar-refractivity contribution is 4.86. The van der Waals surface area contributed by atoms with Crippen LogP contribution in [0.3, 0.4) is 0 Å². The lowest BCUT2D eigenvalue weighted by atomic mass is 10.7. The standard InChI is InChI=1S/C4H5N2/c5-3-6-4-1-2-4/h4H,1-2H2. The minimum Gasteiger partial charge on any atom is -0.208 e. The average molecular weight is 81.1 g/mol. The van der Waals surface area contributed by atoms with E-state index in [9.17, 15) is 0 Å². The molecule has 2 heteroatoms. The zero-order valence-electron chi connectivity index (χ0n) is 3.39. The molecule has 2 nitrogen and oxygen atoms in total. The van der Waals surface area contributed by atoms with Gasteiger partial charge in [-0.25, -0.2) is 5.32 Å². The molecule has 0 bridgehead atoms. The molecule has 1 aliphatic carbocycles. The third-order valence-electron chi connectivity index (χ3n) is 0.787. The molecule has 1 saturated carbocycles. The molecule has 0 aromatic rings. The Morgan fingerprint density at radius 1 is 1.67 bits per heavy atom. The van der Waals surface area contributed by atoms with Gasteiger partial charge in [-0.05, 0) is 12.8 Å². The maximum Gasteiger partial charge on any atom is 0.200 e. The van der Waals surface area contributed by atoms with E-state index in [2.05, 4.69) is 5.32 Å². The molecule has 0 N–H and O–H groups in total. The molecular formula is C4H5N2. The highest BCUT2D eigenvalue weighted by Crippen LogP contribution is 2.18. The van der Waals surface area contributed by atoms with E-state index in [0.717, 1.165) is 12.8 Å². The first-order valence-corrected chi connectivity index (χ1v) is 2.02. The van der Waals surface area contributed by atoms with Crippen molar-refractivity contribution in [3.63, 3.8) is 0 Å². The Labute approximate surface area is 36.8 Å². The predicted octanol–water partition coefficient (Wildman–Crippen LogP) is 0.234. The Morgan fingerprint density at radius 3 is 2.50 bits per heavy atom. The van der Waals surface area contributed by atoms with E-state index in [1.807, 2.05) is 0 Å². The summed E-state index contributed by atoms with van der Waals surface area (Å²) < 4.78 is 0. The van der Waals surface area contributed by atoms with Crippen LogP contribution in [-0.4, -0.2) is 6.04 Å². The van der Waals surface area contributed by atoms with Gasteiger partial charge in [0.1, 0.15) is 0 Å². The van der Waals surface area contributed by atoms with Crippen LogP contribution in [0.25, 0.3) is 0 Å². The van der Waals surface area contributed by atoms with Gasteiger partial charge in [0.25, 0.3) is 0 Å². The van der Waals surface area contributed by atoms with Gasteiger partial charge in [-0.3, -0.25) is 0 Å². The molecule has 0 aromatic carbocycles. The second-order valence-corrected chi connectivity index (χ2v) is 1.46. The van der Waals surface area contributed by atoms with Crippen LogP contribution >= 0.6 is 0 Å². The second kappa shape index (κ2) is 1.17. The zero-order chi connectivity index (χ0) is 4.41. The molecule has 0 aliphatic heterocycles. The van der Waals surface area contributed by atoms with Crippen molar-refractivity contribution >= 4 is 0 Å². The molecule has 0 unspecified atom stereocenters. The van der Waals surface area contributed by atoms with E-state index in [-0.39, 0.29) is 0 Å². The third kappa shape index (κ3) is 0.617. The van der Waals surface area contributed by atoms with E-state index in [1.54, 1.807) is 6.19 Å². The fraction of sp³-hybridized carbons (Fsp3) is 0.750. The highest BCUT2D eigenvalue weighted by Gasteiger charge is 2.21.